The van der Waals surface area contributed by atoms with Gasteiger partial charge in [-0.2, -0.15) is 0 Å². The van der Waals surface area contributed by atoms with E-state index in [2.05, 4.69) is 47.4 Å². The molecule has 0 spiro atoms. The van der Waals surface area contributed by atoms with Crippen LogP contribution in [0.2, 0.25) is 0 Å². The highest BCUT2D eigenvalue weighted by atomic mass is 16.5. The largest absolute Gasteiger partial charge is 0.493 e. The van der Waals surface area contributed by atoms with E-state index in [9.17, 15) is 0 Å². The smallest absolute Gasteiger partial charge is 0.163 e. The molecule has 3 nitrogen and oxygen atoms in total. The van der Waals surface area contributed by atoms with Gasteiger partial charge in [-0.15, -0.1) is 0 Å². The van der Waals surface area contributed by atoms with Crippen LogP contribution in [-0.2, 0) is 12.8 Å². The van der Waals surface area contributed by atoms with E-state index in [1.54, 1.807) is 14.2 Å². The van der Waals surface area contributed by atoms with Crippen molar-refractivity contribution >= 4 is 0 Å². The van der Waals surface area contributed by atoms with Crippen LogP contribution in [0.5, 0.6) is 11.5 Å². The Kier molecular flexibility index (Phi) is 12.9. The Morgan fingerprint density at radius 3 is 2.07 bits per heavy atom. The molecule has 0 bridgehead atoms. The van der Waals surface area contributed by atoms with Gasteiger partial charge in [0.25, 0.3) is 0 Å². The molecule has 2 aromatic carbocycles. The van der Waals surface area contributed by atoms with Crippen molar-refractivity contribution in [1.29, 1.82) is 0 Å². The van der Waals surface area contributed by atoms with E-state index in [1.165, 1.54) is 43.6 Å². The quantitative estimate of drug-likeness (QED) is 0.549. The number of nitrogens with zero attached hydrogens (tertiary/aromatic N) is 1. The fourth-order valence-corrected chi connectivity index (χ4v) is 3.77. The third-order valence-electron chi connectivity index (χ3n) is 5.26. The molecular weight excluding hydrogens is 358 g/mol. The van der Waals surface area contributed by atoms with Gasteiger partial charge >= 0.3 is 0 Å². The first-order chi connectivity index (χ1) is 14.3. The zero-order valence-corrected chi connectivity index (χ0v) is 19.4. The maximum Gasteiger partial charge on any atom is 0.163 e. The fraction of sp³-hybridized carbons (Fsp3) is 0.538. The van der Waals surface area contributed by atoms with Crippen LogP contribution in [0, 0.1) is 5.92 Å². The zero-order chi connectivity index (χ0) is 21.5. The Morgan fingerprint density at radius 1 is 0.828 bits per heavy atom. The van der Waals surface area contributed by atoms with Gasteiger partial charge in [0.2, 0.25) is 0 Å². The molecular formula is C26H41NO2. The van der Waals surface area contributed by atoms with Crippen LogP contribution in [0.1, 0.15) is 51.7 Å². The molecule has 0 N–H and O–H groups in total. The van der Waals surface area contributed by atoms with Gasteiger partial charge in [-0.3, -0.25) is 0 Å². The Balaban J connectivity index is 0.000000989. The van der Waals surface area contributed by atoms with Crippen molar-refractivity contribution in [2.75, 3.05) is 33.9 Å². The molecule has 1 aliphatic rings. The normalized spacial score (nSPS) is 14.1. The molecule has 1 fully saturated rings. The van der Waals surface area contributed by atoms with E-state index < -0.39 is 0 Å². The Labute approximate surface area is 179 Å². The molecule has 1 saturated heterocycles. The summed E-state index contributed by atoms with van der Waals surface area (Å²) >= 11 is 0. The highest BCUT2D eigenvalue weighted by molar-refractivity contribution is 5.46. The molecule has 0 aliphatic carbocycles. The topological polar surface area (TPSA) is 21.7 Å². The first-order valence-electron chi connectivity index (χ1n) is 11.3. The van der Waals surface area contributed by atoms with Crippen LogP contribution in [0.3, 0.4) is 0 Å². The van der Waals surface area contributed by atoms with E-state index in [0.717, 1.165) is 30.3 Å². The molecule has 162 valence electrons. The average Bonchev–Trinajstić information content (AvgIpc) is 2.81. The number of rotatable bonds is 7. The van der Waals surface area contributed by atoms with E-state index in [-0.39, 0.29) is 0 Å². The second kappa shape index (κ2) is 14.9. The summed E-state index contributed by atoms with van der Waals surface area (Å²) in [7, 11) is 3.43. The van der Waals surface area contributed by atoms with Crippen molar-refractivity contribution < 1.29 is 9.47 Å². The van der Waals surface area contributed by atoms with Crippen LogP contribution >= 0.6 is 0 Å². The fourth-order valence-electron chi connectivity index (χ4n) is 3.77. The molecule has 0 radical (unpaired) electrons. The minimum Gasteiger partial charge on any atom is -0.493 e. The maximum absolute atomic E-state index is 5.58. The van der Waals surface area contributed by atoms with Crippen molar-refractivity contribution in [3.63, 3.8) is 0 Å². The standard InChI is InChI=1S/C22H29NO2.2C2H6/c1-24-21-10-6-9-20(22(21)25-2)17-19-12-15-23(16-13-19)14-11-18-7-4-3-5-8-18;2*1-2/h3-10,19H,11-17H2,1-2H3;2*1-2H3. The van der Waals surface area contributed by atoms with Crippen molar-refractivity contribution in [2.24, 2.45) is 5.92 Å². The Morgan fingerprint density at radius 2 is 1.48 bits per heavy atom. The highest BCUT2D eigenvalue weighted by Crippen LogP contribution is 2.34. The number of benzene rings is 2. The minimum absolute atomic E-state index is 0.731. The number of ether oxygens (including phenoxy) is 2. The number of likely N-dealkylation sites (tertiary alicyclic amines) is 1. The predicted molar refractivity (Wildman–Crippen MR) is 125 cm³/mol. The first kappa shape index (κ1) is 25.0. The number of methoxy groups -OCH3 is 2. The molecule has 0 unspecified atom stereocenters. The molecule has 1 heterocycles. The molecule has 3 rings (SSSR count). The van der Waals surface area contributed by atoms with Gasteiger partial charge in [0, 0.05) is 6.54 Å². The summed E-state index contributed by atoms with van der Waals surface area (Å²) in [6.07, 6.45) is 4.74. The number of para-hydroxylation sites is 1. The summed E-state index contributed by atoms with van der Waals surface area (Å²) in [6, 6.07) is 17.0. The summed E-state index contributed by atoms with van der Waals surface area (Å²) in [4.78, 5) is 2.60. The molecule has 0 amide bonds. The number of hydrogen-bond acceptors (Lipinski definition) is 3. The van der Waals surface area contributed by atoms with Gasteiger partial charge in [0.05, 0.1) is 14.2 Å². The molecule has 0 atom stereocenters. The molecule has 1 aliphatic heterocycles. The Bertz CT molecular complexity index is 649. The van der Waals surface area contributed by atoms with Crippen molar-refractivity contribution in [2.45, 2.75) is 53.4 Å². The van der Waals surface area contributed by atoms with E-state index in [4.69, 9.17) is 9.47 Å². The van der Waals surface area contributed by atoms with Gasteiger partial charge < -0.3 is 14.4 Å². The number of piperidine rings is 1. The maximum atomic E-state index is 5.58. The van der Waals surface area contributed by atoms with E-state index in [1.807, 2.05) is 33.8 Å². The van der Waals surface area contributed by atoms with E-state index in [0.29, 0.717) is 0 Å². The monoisotopic (exact) mass is 399 g/mol. The van der Waals surface area contributed by atoms with Crippen molar-refractivity contribution in [3.8, 4) is 11.5 Å². The third-order valence-corrected chi connectivity index (χ3v) is 5.26. The average molecular weight is 400 g/mol. The highest BCUT2D eigenvalue weighted by Gasteiger charge is 2.21. The molecule has 3 heteroatoms. The van der Waals surface area contributed by atoms with Crippen molar-refractivity contribution in [3.05, 3.63) is 59.7 Å². The lowest BCUT2D eigenvalue weighted by molar-refractivity contribution is 0.185. The Hall–Kier alpha value is -2.00. The van der Waals surface area contributed by atoms with E-state index >= 15 is 0 Å². The molecule has 0 aromatic heterocycles. The number of hydrogen-bond donors (Lipinski definition) is 0. The molecule has 0 saturated carbocycles. The molecule has 2 aromatic rings. The van der Waals surface area contributed by atoms with Crippen LogP contribution in [0.15, 0.2) is 48.5 Å². The van der Waals surface area contributed by atoms with Crippen LogP contribution in [0.25, 0.3) is 0 Å². The SMILES string of the molecule is CC.CC.COc1cccc(CC2CCN(CCc3ccccc3)CC2)c1OC. The summed E-state index contributed by atoms with van der Waals surface area (Å²) in [6.45, 7) is 11.6. The summed E-state index contributed by atoms with van der Waals surface area (Å²) < 4.78 is 11.0. The van der Waals surface area contributed by atoms with Gasteiger partial charge in [0.1, 0.15) is 0 Å². The lowest BCUT2D eigenvalue weighted by Crippen LogP contribution is -2.35. The third kappa shape index (κ3) is 8.10. The molecule has 29 heavy (non-hydrogen) atoms. The lowest BCUT2D eigenvalue weighted by atomic mass is 9.89. The van der Waals surface area contributed by atoms with Gasteiger partial charge in [-0.25, -0.2) is 0 Å². The summed E-state index contributed by atoms with van der Waals surface area (Å²) in [5.74, 6) is 2.46. The van der Waals surface area contributed by atoms with Gasteiger partial charge in [-0.05, 0) is 61.9 Å². The van der Waals surface area contributed by atoms with Gasteiger partial charge in [0.15, 0.2) is 11.5 Å². The summed E-state index contributed by atoms with van der Waals surface area (Å²) in [5, 5.41) is 0. The minimum atomic E-state index is 0.731. The van der Waals surface area contributed by atoms with Crippen LogP contribution in [0.4, 0.5) is 0 Å². The second-order valence-electron chi connectivity index (χ2n) is 6.88. The van der Waals surface area contributed by atoms with Crippen LogP contribution < -0.4 is 9.47 Å². The first-order valence-corrected chi connectivity index (χ1v) is 11.3. The predicted octanol–water partition coefficient (Wildman–Crippen LogP) is 6.25. The second-order valence-corrected chi connectivity index (χ2v) is 6.88. The summed E-state index contributed by atoms with van der Waals surface area (Å²) in [5.41, 5.74) is 2.70. The van der Waals surface area contributed by atoms with Gasteiger partial charge in [-0.1, -0.05) is 70.2 Å². The van der Waals surface area contributed by atoms with Crippen LogP contribution in [-0.4, -0.2) is 38.8 Å². The van der Waals surface area contributed by atoms with Crippen molar-refractivity contribution in [1.82, 2.24) is 4.90 Å². The zero-order valence-electron chi connectivity index (χ0n) is 19.4. The lowest BCUT2D eigenvalue weighted by Gasteiger charge is -2.32.